The number of oxazole rings is 1. The number of hydrogen-bond donors (Lipinski definition) is 0. The maximum Gasteiger partial charge on any atom is 0.263 e. The fraction of sp³-hybridized carbons (Fsp3) is 0.389. The fourth-order valence-electron chi connectivity index (χ4n) is 3.08. The minimum absolute atomic E-state index is 0.548. The quantitative estimate of drug-likeness (QED) is 0.723. The van der Waals surface area contributed by atoms with Crippen molar-refractivity contribution in [3.63, 3.8) is 0 Å². The molecule has 4 heterocycles. The highest BCUT2D eigenvalue weighted by molar-refractivity contribution is 5.44. The van der Waals surface area contributed by atoms with E-state index in [0.29, 0.717) is 11.7 Å². The van der Waals surface area contributed by atoms with Gasteiger partial charge in [0.25, 0.3) is 5.89 Å². The average molecular weight is 339 g/mol. The number of furan rings is 1. The van der Waals surface area contributed by atoms with Crippen molar-refractivity contribution in [3.8, 4) is 11.7 Å². The molecule has 1 aliphatic heterocycles. The Bertz CT molecular complexity index is 800. The third-order valence-corrected chi connectivity index (χ3v) is 4.42. The van der Waals surface area contributed by atoms with Crippen LogP contribution in [0.1, 0.15) is 17.9 Å². The average Bonchev–Trinajstić information content (AvgIpc) is 3.22. The van der Waals surface area contributed by atoms with Gasteiger partial charge in [0.05, 0.1) is 12.0 Å². The van der Waals surface area contributed by atoms with Crippen LogP contribution in [0.4, 0.5) is 5.95 Å². The van der Waals surface area contributed by atoms with Crippen LogP contribution in [0, 0.1) is 6.92 Å². The van der Waals surface area contributed by atoms with Crippen LogP contribution in [0.15, 0.2) is 45.7 Å². The molecule has 1 fully saturated rings. The summed E-state index contributed by atoms with van der Waals surface area (Å²) in [6.07, 6.45) is 6.28. The second-order valence-electron chi connectivity index (χ2n) is 6.16. The molecule has 0 spiro atoms. The first-order valence-corrected chi connectivity index (χ1v) is 8.54. The van der Waals surface area contributed by atoms with Crippen LogP contribution < -0.4 is 4.90 Å². The summed E-state index contributed by atoms with van der Waals surface area (Å²) in [5.41, 5.74) is 0.968. The lowest BCUT2D eigenvalue weighted by Crippen LogP contribution is -2.31. The molecule has 7 heteroatoms. The van der Waals surface area contributed by atoms with Crippen LogP contribution in [-0.2, 0) is 6.54 Å². The predicted octanol–water partition coefficient (Wildman–Crippen LogP) is 2.75. The number of anilines is 1. The highest BCUT2D eigenvalue weighted by Crippen LogP contribution is 2.23. The smallest absolute Gasteiger partial charge is 0.263 e. The third kappa shape index (κ3) is 3.56. The van der Waals surface area contributed by atoms with Gasteiger partial charge in [-0.25, -0.2) is 15.0 Å². The van der Waals surface area contributed by atoms with Gasteiger partial charge in [0, 0.05) is 45.1 Å². The zero-order chi connectivity index (χ0) is 17.1. The normalized spacial score (nSPS) is 16.1. The first-order chi connectivity index (χ1) is 12.3. The summed E-state index contributed by atoms with van der Waals surface area (Å²) in [6, 6.07) is 5.54. The van der Waals surface area contributed by atoms with E-state index in [1.165, 1.54) is 0 Å². The van der Waals surface area contributed by atoms with Gasteiger partial charge in [0.1, 0.15) is 5.76 Å². The number of aryl methyl sites for hydroxylation is 1. The van der Waals surface area contributed by atoms with Crippen molar-refractivity contribution in [2.45, 2.75) is 19.9 Å². The number of nitrogens with zero attached hydrogens (tertiary/aromatic N) is 5. The summed E-state index contributed by atoms with van der Waals surface area (Å²) in [7, 11) is 0. The van der Waals surface area contributed by atoms with E-state index in [2.05, 4.69) is 24.8 Å². The van der Waals surface area contributed by atoms with E-state index in [0.717, 1.165) is 56.5 Å². The molecule has 0 aromatic carbocycles. The van der Waals surface area contributed by atoms with E-state index in [4.69, 9.17) is 8.83 Å². The summed E-state index contributed by atoms with van der Waals surface area (Å²) < 4.78 is 11.1. The molecule has 0 amide bonds. The monoisotopic (exact) mass is 339 g/mol. The van der Waals surface area contributed by atoms with E-state index < -0.39 is 0 Å². The van der Waals surface area contributed by atoms with Crippen molar-refractivity contribution in [1.82, 2.24) is 19.9 Å². The van der Waals surface area contributed by atoms with E-state index >= 15 is 0 Å². The van der Waals surface area contributed by atoms with Gasteiger partial charge >= 0.3 is 0 Å². The van der Waals surface area contributed by atoms with Gasteiger partial charge < -0.3 is 13.7 Å². The molecule has 0 N–H and O–H groups in total. The van der Waals surface area contributed by atoms with Crippen LogP contribution >= 0.6 is 0 Å². The molecule has 0 radical (unpaired) electrons. The minimum atomic E-state index is 0.548. The Morgan fingerprint density at radius 3 is 2.76 bits per heavy atom. The van der Waals surface area contributed by atoms with Crippen LogP contribution in [0.3, 0.4) is 0 Å². The molecule has 0 saturated carbocycles. The largest absolute Gasteiger partial charge is 0.459 e. The second-order valence-corrected chi connectivity index (χ2v) is 6.16. The van der Waals surface area contributed by atoms with Gasteiger partial charge in [0.2, 0.25) is 5.95 Å². The Hall–Kier alpha value is -2.67. The van der Waals surface area contributed by atoms with Crippen molar-refractivity contribution in [2.24, 2.45) is 0 Å². The highest BCUT2D eigenvalue weighted by Gasteiger charge is 2.20. The minimum Gasteiger partial charge on any atom is -0.459 e. The maximum absolute atomic E-state index is 5.76. The second kappa shape index (κ2) is 7.06. The number of hydrogen-bond acceptors (Lipinski definition) is 7. The van der Waals surface area contributed by atoms with E-state index in [1.807, 2.05) is 25.1 Å². The van der Waals surface area contributed by atoms with Crippen molar-refractivity contribution in [2.75, 3.05) is 31.1 Å². The molecule has 1 aliphatic rings. The predicted molar refractivity (Wildman–Crippen MR) is 93.1 cm³/mol. The summed E-state index contributed by atoms with van der Waals surface area (Å²) in [4.78, 5) is 18.0. The standard InChI is InChI=1S/C18H21N5O2/c1-14-15(21-17(25-14)16-5-2-12-24-16)13-22-8-4-9-23(11-10-22)18-19-6-3-7-20-18/h2-3,5-7,12H,4,8-11,13H2,1H3. The molecule has 1 saturated heterocycles. The van der Waals surface area contributed by atoms with Gasteiger partial charge in [-0.2, -0.15) is 0 Å². The molecule has 25 heavy (non-hydrogen) atoms. The van der Waals surface area contributed by atoms with Crippen LogP contribution in [0.5, 0.6) is 0 Å². The molecule has 0 aliphatic carbocycles. The molecule has 4 rings (SSSR count). The summed E-state index contributed by atoms with van der Waals surface area (Å²) in [6.45, 7) is 6.57. The number of rotatable bonds is 4. The summed E-state index contributed by atoms with van der Waals surface area (Å²) >= 11 is 0. The van der Waals surface area contributed by atoms with Crippen molar-refractivity contribution >= 4 is 5.95 Å². The van der Waals surface area contributed by atoms with Gasteiger partial charge in [-0.1, -0.05) is 0 Å². The SMILES string of the molecule is Cc1oc(-c2ccco2)nc1CN1CCCN(c2ncccn2)CC1. The Morgan fingerprint density at radius 1 is 1.08 bits per heavy atom. The van der Waals surface area contributed by atoms with Crippen molar-refractivity contribution in [1.29, 1.82) is 0 Å². The maximum atomic E-state index is 5.76. The van der Waals surface area contributed by atoms with Gasteiger partial charge in [-0.3, -0.25) is 4.90 Å². The molecule has 130 valence electrons. The number of aromatic nitrogens is 3. The lowest BCUT2D eigenvalue weighted by molar-refractivity contribution is 0.281. The highest BCUT2D eigenvalue weighted by atomic mass is 16.4. The lowest BCUT2D eigenvalue weighted by Gasteiger charge is -2.21. The molecule has 7 nitrogen and oxygen atoms in total. The van der Waals surface area contributed by atoms with Crippen LogP contribution in [-0.4, -0.2) is 46.0 Å². The zero-order valence-corrected chi connectivity index (χ0v) is 14.3. The molecule has 0 unspecified atom stereocenters. The van der Waals surface area contributed by atoms with E-state index in [-0.39, 0.29) is 0 Å². The zero-order valence-electron chi connectivity index (χ0n) is 14.3. The molecular formula is C18H21N5O2. The first kappa shape index (κ1) is 15.8. The third-order valence-electron chi connectivity index (χ3n) is 4.42. The first-order valence-electron chi connectivity index (χ1n) is 8.54. The Labute approximate surface area is 146 Å². The van der Waals surface area contributed by atoms with Gasteiger partial charge in [-0.05, 0) is 31.5 Å². The fourth-order valence-corrected chi connectivity index (χ4v) is 3.08. The topological polar surface area (TPSA) is 71.4 Å². The Morgan fingerprint density at radius 2 is 1.96 bits per heavy atom. The van der Waals surface area contributed by atoms with Crippen molar-refractivity contribution in [3.05, 3.63) is 48.3 Å². The van der Waals surface area contributed by atoms with Crippen molar-refractivity contribution < 1.29 is 8.83 Å². The van der Waals surface area contributed by atoms with E-state index in [1.54, 1.807) is 18.7 Å². The lowest BCUT2D eigenvalue weighted by atomic mass is 10.3. The van der Waals surface area contributed by atoms with Gasteiger partial charge in [0.15, 0.2) is 5.76 Å². The van der Waals surface area contributed by atoms with Gasteiger partial charge in [-0.15, -0.1) is 0 Å². The summed E-state index contributed by atoms with van der Waals surface area (Å²) in [5.74, 6) is 2.87. The Balaban J connectivity index is 1.42. The molecule has 3 aromatic rings. The van der Waals surface area contributed by atoms with E-state index in [9.17, 15) is 0 Å². The van der Waals surface area contributed by atoms with Crippen LogP contribution in [0.2, 0.25) is 0 Å². The molecular weight excluding hydrogens is 318 g/mol. The molecule has 0 atom stereocenters. The molecule has 0 bridgehead atoms. The van der Waals surface area contributed by atoms with Crippen LogP contribution in [0.25, 0.3) is 11.7 Å². The molecule has 3 aromatic heterocycles. The summed E-state index contributed by atoms with van der Waals surface area (Å²) in [5, 5.41) is 0. The Kier molecular flexibility index (Phi) is 4.47.